The van der Waals surface area contributed by atoms with Crippen LogP contribution in [0, 0.1) is 5.41 Å². The van der Waals surface area contributed by atoms with Crippen molar-refractivity contribution in [3.8, 4) is 22.4 Å². The van der Waals surface area contributed by atoms with Crippen LogP contribution in [0.4, 0.5) is 5.69 Å². The van der Waals surface area contributed by atoms with Gasteiger partial charge in [0.25, 0.3) is 0 Å². The first-order valence-corrected chi connectivity index (χ1v) is 10.6. The maximum atomic E-state index is 12.9. The number of Topliss-reactive ketones (excluding diaryl/α,β-unsaturated/α-hetero) is 1. The Morgan fingerprint density at radius 3 is 2.32 bits per heavy atom. The van der Waals surface area contributed by atoms with Gasteiger partial charge in [-0.05, 0) is 29.8 Å². The monoisotopic (exact) mass is 450 g/mol. The van der Waals surface area contributed by atoms with Gasteiger partial charge in [0.15, 0.2) is 5.76 Å². The van der Waals surface area contributed by atoms with Crippen LogP contribution in [0.25, 0.3) is 33.5 Å². The van der Waals surface area contributed by atoms with Crippen molar-refractivity contribution >= 4 is 59.1 Å². The van der Waals surface area contributed by atoms with E-state index >= 15 is 0 Å². The molecule has 7 heteroatoms. The van der Waals surface area contributed by atoms with Crippen LogP contribution in [0.1, 0.15) is 31.3 Å². The molecule has 0 radical (unpaired) electrons. The Kier molecular flexibility index (Phi) is 5.36. The number of pyridine rings is 1. The summed E-state index contributed by atoms with van der Waals surface area (Å²) in [5, 5.41) is 1.80. The van der Waals surface area contributed by atoms with Crippen LogP contribution < -0.4 is 11.2 Å². The van der Waals surface area contributed by atoms with E-state index in [2.05, 4.69) is 0 Å². The molecule has 0 spiro atoms. The molecule has 0 fully saturated rings. The SMILES string of the molecule is Bc1ccc(-c2nc3oc(C(=O)C(C)(C)C)c(N)c3cc2-c2ccc(Cl)cc2)c(Cl)c1. The number of nitrogen functional groups attached to an aromatic ring is 1. The molecule has 4 nitrogen and oxygen atoms in total. The molecule has 31 heavy (non-hydrogen) atoms. The zero-order valence-electron chi connectivity index (χ0n) is 17.7. The fourth-order valence-corrected chi connectivity index (χ4v) is 3.87. The van der Waals surface area contributed by atoms with Gasteiger partial charge in [0.05, 0.1) is 16.8 Å². The van der Waals surface area contributed by atoms with E-state index in [0.717, 1.165) is 22.2 Å². The van der Waals surface area contributed by atoms with Crippen molar-refractivity contribution in [2.75, 3.05) is 5.73 Å². The molecule has 0 aliphatic rings. The number of fused-ring (bicyclic) bond motifs is 1. The van der Waals surface area contributed by atoms with Crippen LogP contribution in [-0.4, -0.2) is 18.6 Å². The van der Waals surface area contributed by atoms with Gasteiger partial charge in [0.2, 0.25) is 11.5 Å². The number of ketones is 1. The van der Waals surface area contributed by atoms with Crippen molar-refractivity contribution in [2.45, 2.75) is 20.8 Å². The highest BCUT2D eigenvalue weighted by Crippen LogP contribution is 2.40. The maximum Gasteiger partial charge on any atom is 0.229 e. The number of halogens is 2. The van der Waals surface area contributed by atoms with E-state index in [0.29, 0.717) is 32.5 Å². The summed E-state index contributed by atoms with van der Waals surface area (Å²) in [7, 11) is 1.98. The molecule has 0 amide bonds. The number of hydrogen-bond acceptors (Lipinski definition) is 4. The molecule has 156 valence electrons. The summed E-state index contributed by atoms with van der Waals surface area (Å²) in [5.41, 5.74) is 10.5. The van der Waals surface area contributed by atoms with E-state index in [1.165, 1.54) is 0 Å². The summed E-state index contributed by atoms with van der Waals surface area (Å²) in [6.07, 6.45) is 0. The molecular weight excluding hydrogens is 430 g/mol. The Morgan fingerprint density at radius 2 is 1.71 bits per heavy atom. The first-order valence-electron chi connectivity index (χ1n) is 9.86. The fourth-order valence-electron chi connectivity index (χ4n) is 3.42. The standard InChI is InChI=1S/C24H21BCl2N2O2/c1-24(2,3)22(30)21-19(28)17-11-16(12-4-7-14(26)8-5-12)20(29-23(17)31-21)15-9-6-13(25)10-18(15)27/h4-11H,25,28H2,1-3H3. The predicted molar refractivity (Wildman–Crippen MR) is 131 cm³/mol. The lowest BCUT2D eigenvalue weighted by atomic mass is 9.89. The van der Waals surface area contributed by atoms with E-state index < -0.39 is 5.41 Å². The molecule has 2 aromatic carbocycles. The molecule has 0 bridgehead atoms. The zero-order valence-corrected chi connectivity index (χ0v) is 19.2. The van der Waals surface area contributed by atoms with Crippen molar-refractivity contribution in [3.05, 3.63) is 64.3 Å². The highest BCUT2D eigenvalue weighted by molar-refractivity contribution is 6.38. The Balaban J connectivity index is 2.03. The Hall–Kier alpha value is -2.76. The van der Waals surface area contributed by atoms with Crippen LogP contribution in [0.15, 0.2) is 52.9 Å². The van der Waals surface area contributed by atoms with Crippen LogP contribution >= 0.6 is 23.2 Å². The van der Waals surface area contributed by atoms with Gasteiger partial charge in [0.1, 0.15) is 7.85 Å². The Bertz CT molecular complexity index is 1320. The fraction of sp³-hybridized carbons (Fsp3) is 0.167. The molecule has 2 aromatic heterocycles. The predicted octanol–water partition coefficient (Wildman–Crippen LogP) is 5.54. The number of nitrogens with two attached hydrogens (primary N) is 1. The third-order valence-corrected chi connectivity index (χ3v) is 5.71. The average Bonchev–Trinajstić information content (AvgIpc) is 3.02. The molecule has 4 rings (SSSR count). The van der Waals surface area contributed by atoms with Crippen molar-refractivity contribution in [1.82, 2.24) is 4.98 Å². The number of benzene rings is 2. The van der Waals surface area contributed by atoms with E-state index in [1.807, 2.05) is 77.1 Å². The minimum Gasteiger partial charge on any atom is -0.432 e. The largest absolute Gasteiger partial charge is 0.432 e. The summed E-state index contributed by atoms with van der Waals surface area (Å²) in [6, 6.07) is 15.1. The topological polar surface area (TPSA) is 69.1 Å². The van der Waals surface area contributed by atoms with Gasteiger partial charge in [-0.3, -0.25) is 4.79 Å². The van der Waals surface area contributed by atoms with E-state index in [4.69, 9.17) is 38.3 Å². The molecule has 0 atom stereocenters. The van der Waals surface area contributed by atoms with Crippen molar-refractivity contribution < 1.29 is 9.21 Å². The summed E-state index contributed by atoms with van der Waals surface area (Å²) in [6.45, 7) is 5.48. The van der Waals surface area contributed by atoms with Gasteiger partial charge in [-0.2, -0.15) is 0 Å². The van der Waals surface area contributed by atoms with Crippen molar-refractivity contribution in [3.63, 3.8) is 0 Å². The lowest BCUT2D eigenvalue weighted by Crippen LogP contribution is -2.20. The minimum atomic E-state index is -0.635. The van der Waals surface area contributed by atoms with E-state index in [1.54, 1.807) is 0 Å². The van der Waals surface area contributed by atoms with Gasteiger partial charge in [-0.25, -0.2) is 4.98 Å². The maximum absolute atomic E-state index is 12.9. The second-order valence-corrected chi connectivity index (χ2v) is 9.50. The van der Waals surface area contributed by atoms with Crippen molar-refractivity contribution in [2.24, 2.45) is 5.41 Å². The van der Waals surface area contributed by atoms with Crippen LogP contribution in [0.2, 0.25) is 10.0 Å². The zero-order chi connectivity index (χ0) is 22.5. The Labute approximate surface area is 191 Å². The summed E-state index contributed by atoms with van der Waals surface area (Å²) < 4.78 is 5.87. The van der Waals surface area contributed by atoms with Gasteiger partial charge in [-0.1, -0.05) is 73.7 Å². The van der Waals surface area contributed by atoms with Gasteiger partial charge in [-0.15, -0.1) is 0 Å². The van der Waals surface area contributed by atoms with Gasteiger partial charge in [0, 0.05) is 26.6 Å². The number of aromatic nitrogens is 1. The number of furan rings is 1. The number of anilines is 1. The lowest BCUT2D eigenvalue weighted by molar-refractivity contribution is 0.0832. The lowest BCUT2D eigenvalue weighted by Gasteiger charge is -2.14. The first-order chi connectivity index (χ1) is 14.6. The number of nitrogens with zero attached hydrogens (tertiary/aromatic N) is 1. The summed E-state index contributed by atoms with van der Waals surface area (Å²) >= 11 is 12.7. The van der Waals surface area contributed by atoms with Crippen LogP contribution in [0.5, 0.6) is 0 Å². The number of carbonyl (C=O) groups excluding carboxylic acids is 1. The molecule has 2 N–H and O–H groups in total. The molecule has 2 heterocycles. The third kappa shape index (κ3) is 3.96. The van der Waals surface area contributed by atoms with Crippen LogP contribution in [-0.2, 0) is 0 Å². The second-order valence-electron chi connectivity index (χ2n) is 8.65. The van der Waals surface area contributed by atoms with Crippen molar-refractivity contribution in [1.29, 1.82) is 0 Å². The normalized spacial score (nSPS) is 11.8. The number of carbonyl (C=O) groups is 1. The minimum absolute atomic E-state index is 0.129. The first kappa shape index (κ1) is 21.5. The molecule has 4 aromatic rings. The molecule has 0 unspecified atom stereocenters. The number of rotatable bonds is 3. The molecule has 0 saturated carbocycles. The Morgan fingerprint density at radius 1 is 1.03 bits per heavy atom. The van der Waals surface area contributed by atoms with Crippen LogP contribution in [0.3, 0.4) is 0 Å². The molecular formula is C24H21BCl2N2O2. The molecule has 0 saturated heterocycles. The number of hydrogen-bond donors (Lipinski definition) is 1. The molecule has 0 aliphatic heterocycles. The summed E-state index contributed by atoms with van der Waals surface area (Å²) in [5.74, 6) is -0.0461. The quantitative estimate of drug-likeness (QED) is 0.328. The van der Waals surface area contributed by atoms with E-state index in [9.17, 15) is 4.79 Å². The summed E-state index contributed by atoms with van der Waals surface area (Å²) in [4.78, 5) is 17.6. The second kappa shape index (κ2) is 7.74. The highest BCUT2D eigenvalue weighted by atomic mass is 35.5. The average molecular weight is 451 g/mol. The van der Waals surface area contributed by atoms with Gasteiger partial charge < -0.3 is 10.2 Å². The smallest absolute Gasteiger partial charge is 0.229 e. The third-order valence-electron chi connectivity index (χ3n) is 5.14. The highest BCUT2D eigenvalue weighted by Gasteiger charge is 2.30. The van der Waals surface area contributed by atoms with E-state index in [-0.39, 0.29) is 11.5 Å². The van der Waals surface area contributed by atoms with Gasteiger partial charge >= 0.3 is 0 Å². The molecule has 0 aliphatic carbocycles.